The zero-order valence-corrected chi connectivity index (χ0v) is 19.5. The molecule has 2 aromatic heterocycles. The fraction of sp³-hybridized carbons (Fsp3) is 0.130. The van der Waals surface area contributed by atoms with Crippen molar-refractivity contribution in [2.45, 2.75) is 11.4 Å². The van der Waals surface area contributed by atoms with Crippen molar-refractivity contribution in [3.63, 3.8) is 0 Å². The number of rotatable bonds is 7. The molecule has 33 heavy (non-hydrogen) atoms. The van der Waals surface area contributed by atoms with Gasteiger partial charge in [0.15, 0.2) is 11.5 Å². The molecular formula is C23H21ClN4O4S. The normalized spacial score (nSPS) is 11.6. The standard InChI is InChI=1S/C23H21ClN4O4S/c1-27(2)33(30,31)22-8-4-3-6-16(22)15-25-23(29)19-14-20(21-7-5-13-32-21)28(26-19)18-11-9-17(24)10-12-18/h3-14H,15H2,1-2H3,(H,25,29). The van der Waals surface area contributed by atoms with Crippen LogP contribution >= 0.6 is 11.6 Å². The van der Waals surface area contributed by atoms with Gasteiger partial charge in [-0.05, 0) is 48.0 Å². The molecule has 2 heterocycles. The zero-order chi connectivity index (χ0) is 23.6. The quantitative estimate of drug-likeness (QED) is 0.428. The smallest absolute Gasteiger partial charge is 0.272 e. The molecule has 0 spiro atoms. The van der Waals surface area contributed by atoms with Gasteiger partial charge in [0.2, 0.25) is 10.0 Å². The summed E-state index contributed by atoms with van der Waals surface area (Å²) in [6, 6.07) is 18.7. The van der Waals surface area contributed by atoms with Crippen molar-refractivity contribution in [1.82, 2.24) is 19.4 Å². The largest absolute Gasteiger partial charge is 0.463 e. The minimum atomic E-state index is -3.65. The Morgan fingerprint density at radius 1 is 1.09 bits per heavy atom. The monoisotopic (exact) mass is 484 g/mol. The maximum atomic E-state index is 12.9. The van der Waals surface area contributed by atoms with Crippen molar-refractivity contribution in [3.05, 3.63) is 89.3 Å². The van der Waals surface area contributed by atoms with E-state index in [0.29, 0.717) is 27.7 Å². The van der Waals surface area contributed by atoms with Crippen LogP contribution in [0.3, 0.4) is 0 Å². The SMILES string of the molecule is CN(C)S(=O)(=O)c1ccccc1CNC(=O)c1cc(-c2ccco2)n(-c2ccc(Cl)cc2)n1. The molecule has 1 amide bonds. The first-order valence-corrected chi connectivity index (χ1v) is 11.8. The van der Waals surface area contributed by atoms with E-state index in [4.69, 9.17) is 16.0 Å². The first-order valence-electron chi connectivity index (χ1n) is 9.96. The molecule has 0 radical (unpaired) electrons. The van der Waals surface area contributed by atoms with E-state index in [1.807, 2.05) is 0 Å². The lowest BCUT2D eigenvalue weighted by molar-refractivity contribution is 0.0945. The second-order valence-electron chi connectivity index (χ2n) is 7.36. The van der Waals surface area contributed by atoms with Gasteiger partial charge in [-0.25, -0.2) is 17.4 Å². The third-order valence-corrected chi connectivity index (χ3v) is 7.12. The number of nitrogens with one attached hydrogen (secondary N) is 1. The minimum absolute atomic E-state index is 0.0198. The van der Waals surface area contributed by atoms with E-state index in [1.54, 1.807) is 65.3 Å². The van der Waals surface area contributed by atoms with Gasteiger partial charge in [0, 0.05) is 31.7 Å². The topological polar surface area (TPSA) is 97.4 Å². The van der Waals surface area contributed by atoms with Crippen LogP contribution in [-0.2, 0) is 16.6 Å². The first kappa shape index (κ1) is 22.8. The van der Waals surface area contributed by atoms with Crippen LogP contribution in [0.5, 0.6) is 0 Å². The highest BCUT2D eigenvalue weighted by molar-refractivity contribution is 7.89. The lowest BCUT2D eigenvalue weighted by Crippen LogP contribution is -2.27. The van der Waals surface area contributed by atoms with Gasteiger partial charge in [0.25, 0.3) is 5.91 Å². The fourth-order valence-electron chi connectivity index (χ4n) is 3.24. The average molecular weight is 485 g/mol. The highest BCUT2D eigenvalue weighted by atomic mass is 35.5. The van der Waals surface area contributed by atoms with E-state index in [2.05, 4.69) is 10.4 Å². The van der Waals surface area contributed by atoms with Gasteiger partial charge in [0.1, 0.15) is 5.69 Å². The zero-order valence-electron chi connectivity index (χ0n) is 17.9. The molecule has 0 aliphatic rings. The molecule has 0 atom stereocenters. The number of hydrogen-bond acceptors (Lipinski definition) is 5. The highest BCUT2D eigenvalue weighted by Crippen LogP contribution is 2.25. The van der Waals surface area contributed by atoms with Gasteiger partial charge in [-0.3, -0.25) is 4.79 Å². The fourth-order valence-corrected chi connectivity index (χ4v) is 4.48. The first-order chi connectivity index (χ1) is 15.8. The van der Waals surface area contributed by atoms with Crippen molar-refractivity contribution in [1.29, 1.82) is 0 Å². The van der Waals surface area contributed by atoms with E-state index in [9.17, 15) is 13.2 Å². The molecule has 8 nitrogen and oxygen atoms in total. The Hall–Kier alpha value is -3.40. The molecule has 2 aromatic carbocycles. The highest BCUT2D eigenvalue weighted by Gasteiger charge is 2.22. The third kappa shape index (κ3) is 4.70. The number of nitrogens with zero attached hydrogens (tertiary/aromatic N) is 3. The van der Waals surface area contributed by atoms with Crippen LogP contribution in [0.2, 0.25) is 5.02 Å². The lowest BCUT2D eigenvalue weighted by atomic mass is 10.2. The minimum Gasteiger partial charge on any atom is -0.463 e. The third-order valence-electron chi connectivity index (χ3n) is 4.96. The van der Waals surface area contributed by atoms with Crippen molar-refractivity contribution in [2.75, 3.05) is 14.1 Å². The molecule has 0 saturated carbocycles. The Bertz CT molecular complexity index is 1380. The van der Waals surface area contributed by atoms with Crippen LogP contribution in [-0.4, -0.2) is 42.5 Å². The molecule has 0 unspecified atom stereocenters. The maximum absolute atomic E-state index is 12.9. The summed E-state index contributed by atoms with van der Waals surface area (Å²) in [5.74, 6) is 0.0893. The average Bonchev–Trinajstić information content (AvgIpc) is 3.48. The van der Waals surface area contributed by atoms with E-state index in [0.717, 1.165) is 4.31 Å². The van der Waals surface area contributed by atoms with E-state index in [-0.39, 0.29) is 17.1 Å². The van der Waals surface area contributed by atoms with Crippen LogP contribution in [0.4, 0.5) is 0 Å². The number of carbonyl (C=O) groups excluding carboxylic acids is 1. The number of furan rings is 1. The van der Waals surface area contributed by atoms with Crippen LogP contribution in [0.25, 0.3) is 17.1 Å². The number of carbonyl (C=O) groups is 1. The summed E-state index contributed by atoms with van der Waals surface area (Å²) in [4.78, 5) is 13.1. The van der Waals surface area contributed by atoms with Gasteiger partial charge >= 0.3 is 0 Å². The van der Waals surface area contributed by atoms with Gasteiger partial charge in [-0.2, -0.15) is 5.10 Å². The van der Waals surface area contributed by atoms with Gasteiger partial charge < -0.3 is 9.73 Å². The van der Waals surface area contributed by atoms with Crippen LogP contribution in [0.15, 0.2) is 82.3 Å². The van der Waals surface area contributed by atoms with Crippen molar-refractivity contribution < 1.29 is 17.6 Å². The Kier molecular flexibility index (Phi) is 6.37. The van der Waals surface area contributed by atoms with Crippen LogP contribution in [0.1, 0.15) is 16.1 Å². The van der Waals surface area contributed by atoms with Crippen LogP contribution < -0.4 is 5.32 Å². The molecule has 0 aliphatic carbocycles. The lowest BCUT2D eigenvalue weighted by Gasteiger charge is -2.15. The number of sulfonamides is 1. The number of benzene rings is 2. The molecule has 170 valence electrons. The van der Waals surface area contributed by atoms with Crippen molar-refractivity contribution >= 4 is 27.5 Å². The Morgan fingerprint density at radius 2 is 1.82 bits per heavy atom. The maximum Gasteiger partial charge on any atom is 0.272 e. The summed E-state index contributed by atoms with van der Waals surface area (Å²) >= 11 is 6.00. The molecule has 4 rings (SSSR count). The number of halogens is 1. The predicted molar refractivity (Wildman–Crippen MR) is 125 cm³/mol. The van der Waals surface area contributed by atoms with Crippen molar-refractivity contribution in [3.8, 4) is 17.1 Å². The molecule has 10 heteroatoms. The summed E-state index contributed by atoms with van der Waals surface area (Å²) in [6.45, 7) is 0.0198. The predicted octanol–water partition coefficient (Wildman–Crippen LogP) is 3.97. The second kappa shape index (κ2) is 9.22. The summed E-state index contributed by atoms with van der Waals surface area (Å²) in [6.07, 6.45) is 1.54. The molecule has 0 bridgehead atoms. The van der Waals surface area contributed by atoms with Gasteiger partial charge in [0.05, 0.1) is 16.8 Å². The molecule has 4 aromatic rings. The Balaban J connectivity index is 1.63. The molecular weight excluding hydrogens is 464 g/mol. The van der Waals surface area contributed by atoms with E-state index < -0.39 is 15.9 Å². The summed E-state index contributed by atoms with van der Waals surface area (Å²) in [7, 11) is -0.728. The van der Waals surface area contributed by atoms with Gasteiger partial charge in [-0.15, -0.1) is 0 Å². The number of amides is 1. The summed E-state index contributed by atoms with van der Waals surface area (Å²) < 4.78 is 33.5. The number of aromatic nitrogens is 2. The molecule has 1 N–H and O–H groups in total. The summed E-state index contributed by atoms with van der Waals surface area (Å²) in [5.41, 5.74) is 1.92. The Morgan fingerprint density at radius 3 is 2.48 bits per heavy atom. The van der Waals surface area contributed by atoms with Crippen LogP contribution in [0, 0.1) is 0 Å². The molecule has 0 fully saturated rings. The van der Waals surface area contributed by atoms with Gasteiger partial charge in [-0.1, -0.05) is 29.8 Å². The molecule has 0 aliphatic heterocycles. The summed E-state index contributed by atoms with van der Waals surface area (Å²) in [5, 5.41) is 7.79. The van der Waals surface area contributed by atoms with E-state index in [1.165, 1.54) is 26.4 Å². The Labute approximate surface area is 196 Å². The van der Waals surface area contributed by atoms with Crippen molar-refractivity contribution in [2.24, 2.45) is 0 Å². The number of hydrogen-bond donors (Lipinski definition) is 1. The second-order valence-corrected chi connectivity index (χ2v) is 9.91. The molecule has 0 saturated heterocycles. The van der Waals surface area contributed by atoms with E-state index >= 15 is 0 Å².